The number of rotatable bonds is 3. The summed E-state index contributed by atoms with van der Waals surface area (Å²) in [5, 5.41) is 4.77. The van der Waals surface area contributed by atoms with Gasteiger partial charge in [0.2, 0.25) is 0 Å². The molecule has 0 fully saturated rings. The molecule has 1 heterocycles. The minimum Gasteiger partial charge on any atom is -0.298 e. The molecule has 0 saturated carbocycles. The van der Waals surface area contributed by atoms with Gasteiger partial charge in [0, 0.05) is 17.9 Å². The Balaban J connectivity index is 2.15. The molecule has 2 aromatic rings. The molecule has 1 N–H and O–H groups in total. The summed E-state index contributed by atoms with van der Waals surface area (Å²) in [4.78, 5) is 27.2. The van der Waals surface area contributed by atoms with Crippen LogP contribution >= 0.6 is 11.3 Å². The molecule has 5 heteroatoms. The first-order valence-corrected chi connectivity index (χ1v) is 6.70. The van der Waals surface area contributed by atoms with Crippen molar-refractivity contribution in [2.75, 3.05) is 5.32 Å². The van der Waals surface area contributed by atoms with E-state index in [0.29, 0.717) is 16.4 Å². The van der Waals surface area contributed by atoms with E-state index in [2.05, 4.69) is 10.3 Å². The molecule has 0 saturated heterocycles. The van der Waals surface area contributed by atoms with E-state index in [1.165, 1.54) is 18.3 Å². The van der Waals surface area contributed by atoms with Crippen molar-refractivity contribution >= 4 is 28.2 Å². The highest BCUT2D eigenvalue weighted by Crippen LogP contribution is 2.17. The highest BCUT2D eigenvalue weighted by molar-refractivity contribution is 7.14. The number of Topliss-reactive ketones (excluding diaryl/α,β-unsaturated/α-hetero) is 1. The highest BCUT2D eigenvalue weighted by atomic mass is 32.1. The Hall–Kier alpha value is -2.01. The number of nitrogens with one attached hydrogen (secondary N) is 1. The first kappa shape index (κ1) is 13.4. The van der Waals surface area contributed by atoms with Crippen LogP contribution in [0.15, 0.2) is 23.6 Å². The molecule has 2 rings (SSSR count). The van der Waals surface area contributed by atoms with Gasteiger partial charge in [-0.25, -0.2) is 4.98 Å². The number of carbonyl (C=O) groups excluding carboxylic acids is 2. The van der Waals surface area contributed by atoms with Crippen LogP contribution in [0, 0.1) is 13.8 Å². The molecule has 0 bridgehead atoms. The number of hydrogen-bond donors (Lipinski definition) is 1. The standard InChI is InChI=1S/C14H14N2O2S/c1-8-4-5-11(6-9(8)2)13(18)16-14-15-12(7-19-14)10(3)17/h4-7H,1-3H3,(H,15,16,18). The van der Waals surface area contributed by atoms with E-state index in [1.54, 1.807) is 11.4 Å². The molecule has 0 aliphatic heterocycles. The first-order chi connectivity index (χ1) is 8.97. The Morgan fingerprint density at radius 1 is 1.21 bits per heavy atom. The monoisotopic (exact) mass is 274 g/mol. The van der Waals surface area contributed by atoms with Crippen molar-refractivity contribution in [2.24, 2.45) is 0 Å². The fourth-order valence-corrected chi connectivity index (χ4v) is 2.29. The number of ketones is 1. The van der Waals surface area contributed by atoms with E-state index in [9.17, 15) is 9.59 Å². The van der Waals surface area contributed by atoms with Crippen molar-refractivity contribution in [3.63, 3.8) is 0 Å². The van der Waals surface area contributed by atoms with Crippen molar-refractivity contribution in [1.82, 2.24) is 4.98 Å². The van der Waals surface area contributed by atoms with Gasteiger partial charge in [-0.15, -0.1) is 11.3 Å². The summed E-state index contributed by atoms with van der Waals surface area (Å²) in [6.45, 7) is 5.41. The topological polar surface area (TPSA) is 59.1 Å². The van der Waals surface area contributed by atoms with Crippen molar-refractivity contribution in [3.05, 3.63) is 46.0 Å². The predicted octanol–water partition coefficient (Wildman–Crippen LogP) is 3.21. The number of aryl methyl sites for hydroxylation is 2. The van der Waals surface area contributed by atoms with E-state index in [4.69, 9.17) is 0 Å². The Morgan fingerprint density at radius 3 is 2.53 bits per heavy atom. The first-order valence-electron chi connectivity index (χ1n) is 5.82. The summed E-state index contributed by atoms with van der Waals surface area (Å²) in [7, 11) is 0. The normalized spacial score (nSPS) is 10.3. The van der Waals surface area contributed by atoms with E-state index >= 15 is 0 Å². The number of amides is 1. The Kier molecular flexibility index (Phi) is 3.76. The van der Waals surface area contributed by atoms with E-state index in [-0.39, 0.29) is 11.7 Å². The molecule has 0 aliphatic carbocycles. The maximum atomic E-state index is 12.0. The molecule has 1 aromatic carbocycles. The molecular formula is C14H14N2O2S. The number of benzene rings is 1. The second-order valence-corrected chi connectivity index (χ2v) is 5.21. The quantitative estimate of drug-likeness (QED) is 0.874. The van der Waals surface area contributed by atoms with Crippen LogP contribution in [0.5, 0.6) is 0 Å². The number of hydrogen-bond acceptors (Lipinski definition) is 4. The number of carbonyl (C=O) groups is 2. The van der Waals surface area contributed by atoms with Crippen LogP contribution in [0.3, 0.4) is 0 Å². The lowest BCUT2D eigenvalue weighted by atomic mass is 10.1. The van der Waals surface area contributed by atoms with Crippen molar-refractivity contribution in [2.45, 2.75) is 20.8 Å². The molecule has 0 aliphatic rings. The van der Waals surface area contributed by atoms with Crippen LogP contribution < -0.4 is 5.32 Å². The van der Waals surface area contributed by atoms with Gasteiger partial charge in [0.25, 0.3) is 5.91 Å². The van der Waals surface area contributed by atoms with Crippen molar-refractivity contribution in [1.29, 1.82) is 0 Å². The van der Waals surface area contributed by atoms with Gasteiger partial charge < -0.3 is 0 Å². The zero-order chi connectivity index (χ0) is 14.0. The Bertz CT molecular complexity index is 647. The van der Waals surface area contributed by atoms with Crippen LogP contribution in [0.4, 0.5) is 5.13 Å². The van der Waals surface area contributed by atoms with Crippen molar-refractivity contribution < 1.29 is 9.59 Å². The summed E-state index contributed by atoms with van der Waals surface area (Å²) in [6.07, 6.45) is 0. The van der Waals surface area contributed by atoms with Crippen LogP contribution in [0.25, 0.3) is 0 Å². The van der Waals surface area contributed by atoms with Gasteiger partial charge in [-0.3, -0.25) is 14.9 Å². The molecule has 98 valence electrons. The van der Waals surface area contributed by atoms with Crippen LogP contribution in [0.1, 0.15) is 38.9 Å². The third-order valence-corrected chi connectivity index (χ3v) is 3.61. The molecule has 1 amide bonds. The molecule has 19 heavy (non-hydrogen) atoms. The van der Waals surface area contributed by atoms with Crippen LogP contribution in [0.2, 0.25) is 0 Å². The Labute approximate surface area is 115 Å². The summed E-state index contributed by atoms with van der Waals surface area (Å²) in [6, 6.07) is 5.52. The maximum Gasteiger partial charge on any atom is 0.257 e. The number of anilines is 1. The van der Waals surface area contributed by atoms with Gasteiger partial charge in [-0.05, 0) is 37.1 Å². The lowest BCUT2D eigenvalue weighted by Gasteiger charge is -2.04. The third-order valence-electron chi connectivity index (χ3n) is 2.85. The third kappa shape index (κ3) is 3.06. The van der Waals surface area contributed by atoms with Gasteiger partial charge in [0.1, 0.15) is 5.69 Å². The average Bonchev–Trinajstić information content (AvgIpc) is 2.81. The van der Waals surface area contributed by atoms with Crippen LogP contribution in [-0.4, -0.2) is 16.7 Å². The molecule has 1 aromatic heterocycles. The van der Waals surface area contributed by atoms with E-state index < -0.39 is 0 Å². The minimum absolute atomic E-state index is 0.108. The fraction of sp³-hybridized carbons (Fsp3) is 0.214. The zero-order valence-corrected chi connectivity index (χ0v) is 11.8. The number of thiazole rings is 1. The predicted molar refractivity (Wildman–Crippen MR) is 76.0 cm³/mol. The second-order valence-electron chi connectivity index (χ2n) is 4.35. The van der Waals surface area contributed by atoms with Crippen molar-refractivity contribution in [3.8, 4) is 0 Å². The van der Waals surface area contributed by atoms with E-state index in [1.807, 2.05) is 26.0 Å². The Morgan fingerprint density at radius 2 is 1.95 bits per heavy atom. The fourth-order valence-electron chi connectivity index (χ4n) is 1.54. The van der Waals surface area contributed by atoms with Gasteiger partial charge in [-0.1, -0.05) is 6.07 Å². The molecule has 0 spiro atoms. The molecule has 0 radical (unpaired) electrons. The van der Waals surface area contributed by atoms with Gasteiger partial charge >= 0.3 is 0 Å². The SMILES string of the molecule is CC(=O)c1csc(NC(=O)c2ccc(C)c(C)c2)n1. The lowest BCUT2D eigenvalue weighted by molar-refractivity contribution is 0.100. The number of nitrogens with zero attached hydrogens (tertiary/aromatic N) is 1. The van der Waals surface area contributed by atoms with Gasteiger partial charge in [-0.2, -0.15) is 0 Å². The highest BCUT2D eigenvalue weighted by Gasteiger charge is 2.11. The summed E-state index contributed by atoms with van der Waals surface area (Å²) in [5.74, 6) is -0.324. The van der Waals surface area contributed by atoms with E-state index in [0.717, 1.165) is 11.1 Å². The summed E-state index contributed by atoms with van der Waals surface area (Å²) in [5.41, 5.74) is 3.17. The minimum atomic E-state index is -0.215. The molecule has 4 nitrogen and oxygen atoms in total. The molecule has 0 atom stereocenters. The molecular weight excluding hydrogens is 260 g/mol. The van der Waals surface area contributed by atoms with Crippen LogP contribution in [-0.2, 0) is 0 Å². The summed E-state index contributed by atoms with van der Waals surface area (Å²) >= 11 is 1.24. The summed E-state index contributed by atoms with van der Waals surface area (Å²) < 4.78 is 0. The number of aromatic nitrogens is 1. The lowest BCUT2D eigenvalue weighted by Crippen LogP contribution is -2.12. The maximum absolute atomic E-state index is 12.0. The van der Waals surface area contributed by atoms with Gasteiger partial charge in [0.05, 0.1) is 0 Å². The second kappa shape index (κ2) is 5.32. The molecule has 0 unspecified atom stereocenters. The smallest absolute Gasteiger partial charge is 0.257 e. The average molecular weight is 274 g/mol. The zero-order valence-electron chi connectivity index (χ0n) is 11.0. The largest absolute Gasteiger partial charge is 0.298 e. The van der Waals surface area contributed by atoms with Gasteiger partial charge in [0.15, 0.2) is 10.9 Å².